The smallest absolute Gasteiger partial charge is 0.335 e. The molecule has 0 saturated heterocycles. The average molecular weight is 1170 g/mol. The third-order valence-corrected chi connectivity index (χ3v) is 15.6. The van der Waals surface area contributed by atoms with Crippen LogP contribution in [0.25, 0.3) is 65.4 Å². The Bertz CT molecular complexity index is 4720. The van der Waals surface area contributed by atoms with Crippen LogP contribution < -0.4 is 20.7 Å². The summed E-state index contributed by atoms with van der Waals surface area (Å²) in [6.45, 7) is 0.544. The number of rotatable bonds is 17. The van der Waals surface area contributed by atoms with E-state index in [1.54, 1.807) is 86.4 Å². The van der Waals surface area contributed by atoms with Crippen molar-refractivity contribution in [3.05, 3.63) is 192 Å². The number of anilines is 5. The summed E-state index contributed by atoms with van der Waals surface area (Å²) in [6, 6.07) is 32.2. The highest BCUT2D eigenvalue weighted by molar-refractivity contribution is 6.12. The number of halogens is 1. The van der Waals surface area contributed by atoms with Crippen LogP contribution >= 0.6 is 0 Å². The van der Waals surface area contributed by atoms with Crippen LogP contribution in [0, 0.1) is 23.6 Å². The number of carboxylic acids is 3. The molecule has 6 N–H and O–H groups in total. The molecule has 12 aromatic rings. The van der Waals surface area contributed by atoms with Crippen LogP contribution in [-0.4, -0.2) is 90.2 Å². The van der Waals surface area contributed by atoms with Gasteiger partial charge >= 0.3 is 17.9 Å². The lowest BCUT2D eigenvalue weighted by molar-refractivity contribution is 0.0686. The van der Waals surface area contributed by atoms with Gasteiger partial charge in [-0.25, -0.2) is 63.6 Å². The molecule has 0 atom stereocenters. The highest BCUT2D eigenvalue weighted by atomic mass is 19.1. The van der Waals surface area contributed by atoms with E-state index in [1.165, 1.54) is 56.7 Å². The van der Waals surface area contributed by atoms with Gasteiger partial charge in [0.1, 0.15) is 45.6 Å². The van der Waals surface area contributed by atoms with Crippen molar-refractivity contribution >= 4 is 112 Å². The Kier molecular flexibility index (Phi) is 15.4. The van der Waals surface area contributed by atoms with Gasteiger partial charge in [-0.2, -0.15) is 0 Å². The zero-order chi connectivity index (χ0) is 60.4. The number of nitrogens with zero attached hydrogens (tertiary/aromatic N) is 10. The molecule has 0 amide bonds. The van der Waals surface area contributed by atoms with E-state index < -0.39 is 17.9 Å². The number of pyridine rings is 4. The zero-order valence-electron chi connectivity index (χ0n) is 47.5. The lowest BCUT2D eigenvalue weighted by atomic mass is 10.1. The Morgan fingerprint density at radius 3 is 1.33 bits per heavy atom. The van der Waals surface area contributed by atoms with Crippen LogP contribution in [0.4, 0.5) is 33.2 Å². The second kappa shape index (κ2) is 24.2. The minimum Gasteiger partial charge on any atom is -0.497 e. The van der Waals surface area contributed by atoms with Gasteiger partial charge in [-0.1, -0.05) is 36.4 Å². The SMILES string of the molecule is COc1cccc(Nc2nc3cc(C(=O)O)ccc3c3cnc(CC4CC4)nc23)c1.O=C(O)c1ccc2c(c1)nc(NCc1cccnc1)c1nc(CC3CC3)ncc12.O=C(O)c1ccc2c(c1)nc(Nc1cccc(F)c1)c1nc(CC3CC3)ncc12. The Labute approximate surface area is 501 Å². The molecule has 0 radical (unpaired) electrons. The van der Waals surface area contributed by atoms with E-state index in [9.17, 15) is 34.1 Å². The Hall–Kier alpha value is -11.0. The minimum absolute atomic E-state index is 0.146. The first-order valence-corrected chi connectivity index (χ1v) is 28.9. The van der Waals surface area contributed by atoms with Crippen molar-refractivity contribution in [1.29, 1.82) is 0 Å². The maximum Gasteiger partial charge on any atom is 0.335 e. The Balaban J connectivity index is 0.000000122. The molecule has 5 aromatic carbocycles. The molecule has 0 aliphatic heterocycles. The number of aromatic nitrogens is 10. The number of carbonyl (C=O) groups is 3. The molecule has 88 heavy (non-hydrogen) atoms. The van der Waals surface area contributed by atoms with E-state index in [4.69, 9.17) is 29.7 Å². The van der Waals surface area contributed by atoms with Gasteiger partial charge < -0.3 is 36.0 Å². The molecular formula is C67H56FN13O7. The normalized spacial score (nSPS) is 13.6. The Morgan fingerprint density at radius 2 is 0.920 bits per heavy atom. The third kappa shape index (κ3) is 12.8. The fraction of sp³-hybridized carbons (Fsp3) is 0.209. The summed E-state index contributed by atoms with van der Waals surface area (Å²) in [5.74, 6) is 3.38. The minimum atomic E-state index is -1.02. The van der Waals surface area contributed by atoms with E-state index >= 15 is 0 Å². The maximum atomic E-state index is 13.6. The number of hydrogen-bond donors (Lipinski definition) is 6. The van der Waals surface area contributed by atoms with Gasteiger partial charge in [0.05, 0.1) is 40.4 Å². The Morgan fingerprint density at radius 1 is 0.489 bits per heavy atom. The summed E-state index contributed by atoms with van der Waals surface area (Å²) in [7, 11) is 1.62. The van der Waals surface area contributed by atoms with Crippen molar-refractivity contribution in [1.82, 2.24) is 49.8 Å². The molecule has 7 aromatic heterocycles. The van der Waals surface area contributed by atoms with Crippen LogP contribution in [0.5, 0.6) is 5.75 Å². The first kappa shape index (κ1) is 56.2. The fourth-order valence-electron chi connectivity index (χ4n) is 10.4. The quantitative estimate of drug-likeness (QED) is 0.0462. The number of aromatic carboxylic acids is 3. The number of fused-ring (bicyclic) bond motifs is 9. The van der Waals surface area contributed by atoms with Crippen molar-refractivity contribution in [2.24, 2.45) is 17.8 Å². The molecule has 7 heterocycles. The topological polar surface area (TPSA) is 286 Å². The van der Waals surface area contributed by atoms with Gasteiger partial charge in [0, 0.05) is 107 Å². The second-order valence-electron chi connectivity index (χ2n) is 22.3. The number of nitrogens with one attached hydrogen (secondary N) is 3. The van der Waals surface area contributed by atoms with Gasteiger partial charge in [-0.15, -0.1) is 0 Å². The highest BCUT2D eigenvalue weighted by Gasteiger charge is 2.26. The van der Waals surface area contributed by atoms with Crippen molar-refractivity contribution < 1.29 is 38.8 Å². The van der Waals surface area contributed by atoms with Crippen LogP contribution in [0.3, 0.4) is 0 Å². The predicted octanol–water partition coefficient (Wildman–Crippen LogP) is 13.1. The maximum absolute atomic E-state index is 13.6. The molecule has 3 aliphatic carbocycles. The molecule has 0 unspecified atom stereocenters. The number of methoxy groups -OCH3 is 1. The average Bonchev–Trinajstić information content (AvgIpc) is 1.49. The summed E-state index contributed by atoms with van der Waals surface area (Å²) in [5.41, 5.74) is 6.70. The summed E-state index contributed by atoms with van der Waals surface area (Å²) in [5, 5.41) is 42.7. The summed E-state index contributed by atoms with van der Waals surface area (Å²) in [6.07, 6.45) is 18.8. The van der Waals surface area contributed by atoms with Gasteiger partial charge in [-0.3, -0.25) is 4.98 Å². The second-order valence-corrected chi connectivity index (χ2v) is 22.3. The third-order valence-electron chi connectivity index (χ3n) is 15.6. The van der Waals surface area contributed by atoms with Crippen LogP contribution in [-0.2, 0) is 25.8 Å². The monoisotopic (exact) mass is 1170 g/mol. The van der Waals surface area contributed by atoms with Crippen molar-refractivity contribution in [3.8, 4) is 5.75 Å². The van der Waals surface area contributed by atoms with Crippen molar-refractivity contribution in [2.45, 2.75) is 64.3 Å². The summed E-state index contributed by atoms with van der Waals surface area (Å²) in [4.78, 5) is 80.4. The standard InChI is InChI=1S/C23H20N4O3.C22H17FN4O2.C22H19N5O2/c1-30-16-4-2-3-15(11-16)25-22-21-18(12-24-20(27-21)9-13-5-6-13)17-8-7-14(23(28)29)10-19(17)26-22;23-14-2-1-3-15(10-14)25-21-20-17(11-24-19(27-20)8-12-4-5-12)16-7-6-13(22(28)29)9-18(16)26-21;28-22(29)15-5-6-16-17-12-24-19(8-13-3-4-13)27-20(17)21(26-18(16)9-15)25-11-14-2-1-7-23-10-14/h2-4,7-8,10-13H,5-6,9H2,1H3,(H,25,26)(H,28,29);1-3,6-7,9-12H,4-5,8H2,(H,25,26)(H,28,29);1-2,5-7,9-10,12-13H,3-4,8,11H2,(H,25,26)(H,28,29). The first-order valence-electron chi connectivity index (χ1n) is 28.9. The highest BCUT2D eigenvalue weighted by Crippen LogP contribution is 2.38. The van der Waals surface area contributed by atoms with Crippen molar-refractivity contribution in [3.63, 3.8) is 0 Å². The molecule has 3 aliphatic rings. The number of hydrogen-bond acceptors (Lipinski definition) is 17. The number of carboxylic acid groups (broad SMARTS) is 3. The van der Waals surface area contributed by atoms with E-state index in [1.807, 2.05) is 48.8 Å². The molecule has 3 fully saturated rings. The molecule has 438 valence electrons. The van der Waals surface area contributed by atoms with Gasteiger partial charge in [0.2, 0.25) is 0 Å². The molecule has 0 bridgehead atoms. The predicted molar refractivity (Wildman–Crippen MR) is 332 cm³/mol. The lowest BCUT2D eigenvalue weighted by Gasteiger charge is -2.13. The van der Waals surface area contributed by atoms with Gasteiger partial charge in [-0.05, 0) is 135 Å². The first-order chi connectivity index (χ1) is 42.8. The lowest BCUT2D eigenvalue weighted by Crippen LogP contribution is -2.06. The largest absolute Gasteiger partial charge is 0.497 e. The van der Waals surface area contributed by atoms with Crippen LogP contribution in [0.15, 0.2) is 146 Å². The molecule has 0 spiro atoms. The van der Waals surface area contributed by atoms with E-state index in [-0.39, 0.29) is 22.5 Å². The van der Waals surface area contributed by atoms with E-state index in [2.05, 4.69) is 40.9 Å². The van der Waals surface area contributed by atoms with E-state index in [0.717, 1.165) is 97.1 Å². The molecule has 3 saturated carbocycles. The molecule has 15 rings (SSSR count). The van der Waals surface area contributed by atoms with Crippen LogP contribution in [0.1, 0.15) is 92.6 Å². The van der Waals surface area contributed by atoms with Crippen molar-refractivity contribution in [2.75, 3.05) is 23.1 Å². The fourth-order valence-corrected chi connectivity index (χ4v) is 10.4. The van der Waals surface area contributed by atoms with Crippen LogP contribution in [0.2, 0.25) is 0 Å². The summed E-state index contributed by atoms with van der Waals surface area (Å²) >= 11 is 0. The number of ether oxygens (including phenoxy) is 1. The van der Waals surface area contributed by atoms with Gasteiger partial charge in [0.25, 0.3) is 0 Å². The van der Waals surface area contributed by atoms with E-state index in [0.29, 0.717) is 69.5 Å². The summed E-state index contributed by atoms with van der Waals surface area (Å²) < 4.78 is 19.0. The molecule has 20 nitrogen and oxygen atoms in total. The molecular weight excluding hydrogens is 1120 g/mol. The molecule has 21 heteroatoms. The zero-order valence-corrected chi connectivity index (χ0v) is 47.5. The van der Waals surface area contributed by atoms with Gasteiger partial charge in [0.15, 0.2) is 17.5 Å². The number of benzene rings is 5.